The molecule has 3 heterocycles. The van der Waals surface area contributed by atoms with Crippen LogP contribution in [-0.4, -0.2) is 33.2 Å². The average molecular weight is 437 g/mol. The fourth-order valence-corrected chi connectivity index (χ4v) is 4.22. The summed E-state index contributed by atoms with van der Waals surface area (Å²) >= 11 is 11.4. The Kier molecular flexibility index (Phi) is 4.80. The monoisotopic (exact) mass is 436 g/mol. The molecule has 5 rings (SSSR count). The smallest absolute Gasteiger partial charge is 0.160 e. The van der Waals surface area contributed by atoms with E-state index in [1.165, 1.54) is 6.33 Å². The summed E-state index contributed by atoms with van der Waals surface area (Å²) in [6.07, 6.45) is 4.68. The van der Waals surface area contributed by atoms with Gasteiger partial charge in [-0.1, -0.05) is 29.8 Å². The van der Waals surface area contributed by atoms with Crippen molar-refractivity contribution in [2.75, 3.05) is 12.0 Å². The van der Waals surface area contributed by atoms with Gasteiger partial charge in [-0.25, -0.2) is 15.0 Å². The number of ether oxygens (including phenoxy) is 1. The maximum atomic E-state index is 6.47. The summed E-state index contributed by atoms with van der Waals surface area (Å²) in [5.74, 6) is 0.720. The zero-order valence-electron chi connectivity index (χ0n) is 15.9. The Labute approximate surface area is 182 Å². The zero-order chi connectivity index (χ0) is 20.7. The highest BCUT2D eigenvalue weighted by molar-refractivity contribution is 7.80. The van der Waals surface area contributed by atoms with E-state index in [-0.39, 0.29) is 0 Å². The van der Waals surface area contributed by atoms with E-state index in [1.807, 2.05) is 53.6 Å². The summed E-state index contributed by atoms with van der Waals surface area (Å²) in [6.45, 7) is 0. The molecule has 9 heteroatoms. The van der Waals surface area contributed by atoms with Crippen molar-refractivity contribution >= 4 is 47.3 Å². The molecule has 0 saturated heterocycles. The van der Waals surface area contributed by atoms with Gasteiger partial charge in [0.1, 0.15) is 23.8 Å². The van der Waals surface area contributed by atoms with Gasteiger partial charge in [0.2, 0.25) is 0 Å². The van der Waals surface area contributed by atoms with Gasteiger partial charge in [0.05, 0.1) is 40.4 Å². The van der Waals surface area contributed by atoms with Crippen molar-refractivity contribution < 1.29 is 4.74 Å². The molecule has 0 bridgehead atoms. The summed E-state index contributed by atoms with van der Waals surface area (Å²) < 4.78 is 5.60. The Balaban J connectivity index is 1.72. The van der Waals surface area contributed by atoms with Crippen molar-refractivity contribution in [3.8, 4) is 5.75 Å². The third-order valence-electron chi connectivity index (χ3n) is 5.03. The number of imidazole rings is 1. The second-order valence-electron chi connectivity index (χ2n) is 6.73. The topological polar surface area (TPSA) is 79.3 Å². The van der Waals surface area contributed by atoms with E-state index in [0.29, 0.717) is 21.9 Å². The van der Waals surface area contributed by atoms with Crippen molar-refractivity contribution in [1.29, 1.82) is 0 Å². The summed E-state index contributed by atoms with van der Waals surface area (Å²) in [7, 11) is 1.64. The second-order valence-corrected chi connectivity index (χ2v) is 7.69. The molecule has 2 aromatic carbocycles. The predicted octanol–water partition coefficient (Wildman–Crippen LogP) is 2.89. The molecule has 7 nitrogen and oxygen atoms in total. The number of para-hydroxylation sites is 2. The Morgan fingerprint density at radius 3 is 2.87 bits per heavy atom. The molecule has 150 valence electrons. The highest BCUT2D eigenvalue weighted by Crippen LogP contribution is 2.37. The van der Waals surface area contributed by atoms with Gasteiger partial charge < -0.3 is 14.6 Å². The maximum absolute atomic E-state index is 6.47. The fraction of sp³-hybridized carbons (Fsp3) is 0.143. The molecular weight excluding hydrogens is 420 g/mol. The molecule has 4 aromatic rings. The number of halogens is 1. The third-order valence-corrected chi connectivity index (χ3v) is 5.87. The minimum atomic E-state index is -0.412. The van der Waals surface area contributed by atoms with Crippen LogP contribution in [0.3, 0.4) is 0 Å². The van der Waals surface area contributed by atoms with Gasteiger partial charge in [-0.15, -0.1) is 0 Å². The number of benzene rings is 2. The number of aromatic amines is 1. The molecule has 2 atom stereocenters. The molecule has 2 aromatic heterocycles. The van der Waals surface area contributed by atoms with Crippen LogP contribution in [0.1, 0.15) is 10.9 Å². The highest BCUT2D eigenvalue weighted by Gasteiger charge is 2.31. The van der Waals surface area contributed by atoms with Crippen LogP contribution in [0.4, 0.5) is 5.69 Å². The molecule has 0 spiro atoms. The molecule has 1 aliphatic heterocycles. The number of rotatable bonds is 4. The van der Waals surface area contributed by atoms with Crippen LogP contribution in [0.15, 0.2) is 60.1 Å². The van der Waals surface area contributed by atoms with Gasteiger partial charge in [-0.3, -0.25) is 4.99 Å². The molecule has 0 fully saturated rings. The number of methoxy groups -OCH3 is 1. The van der Waals surface area contributed by atoms with Crippen LogP contribution in [0.25, 0.3) is 17.4 Å². The Bertz CT molecular complexity index is 1360. The zero-order valence-corrected chi connectivity index (χ0v) is 17.5. The number of H-pyrrole nitrogens is 1. The molecule has 0 saturated carbocycles. The molecule has 1 N–H and O–H groups in total. The minimum Gasteiger partial charge on any atom is -0.495 e. The highest BCUT2D eigenvalue weighted by atomic mass is 35.5. The molecule has 0 aliphatic carbocycles. The van der Waals surface area contributed by atoms with Crippen molar-refractivity contribution in [3.63, 3.8) is 0 Å². The van der Waals surface area contributed by atoms with E-state index >= 15 is 0 Å². The number of hydrogen-bond donors (Lipinski definition) is 2. The molecule has 30 heavy (non-hydrogen) atoms. The van der Waals surface area contributed by atoms with E-state index in [4.69, 9.17) is 34.0 Å². The first-order chi connectivity index (χ1) is 14.7. The van der Waals surface area contributed by atoms with Crippen molar-refractivity contribution in [2.24, 2.45) is 4.99 Å². The van der Waals surface area contributed by atoms with Crippen molar-refractivity contribution in [2.45, 2.75) is 11.4 Å². The molecule has 1 aliphatic rings. The number of anilines is 1. The summed E-state index contributed by atoms with van der Waals surface area (Å²) in [4.78, 5) is 23.1. The van der Waals surface area contributed by atoms with Crippen LogP contribution in [-0.2, 0) is 0 Å². The lowest BCUT2D eigenvalue weighted by Crippen LogP contribution is -2.44. The van der Waals surface area contributed by atoms with Crippen molar-refractivity contribution in [1.82, 2.24) is 19.9 Å². The Hall–Kier alpha value is -3.10. The molecular formula is C21H17ClN6OS. The van der Waals surface area contributed by atoms with Gasteiger partial charge >= 0.3 is 0 Å². The summed E-state index contributed by atoms with van der Waals surface area (Å²) in [6, 6.07) is 13.4. The van der Waals surface area contributed by atoms with Gasteiger partial charge in [-0.05, 0) is 24.3 Å². The quantitative estimate of drug-likeness (QED) is 0.481. The number of aromatic nitrogens is 4. The van der Waals surface area contributed by atoms with Crippen LogP contribution < -0.4 is 20.2 Å². The molecule has 0 radical (unpaired) electrons. The number of fused-ring (bicyclic) bond motifs is 2. The van der Waals surface area contributed by atoms with E-state index in [0.717, 1.165) is 22.0 Å². The first kappa shape index (κ1) is 18.9. The number of nitrogens with zero attached hydrogens (tertiary/aromatic N) is 5. The van der Waals surface area contributed by atoms with Gasteiger partial charge in [0.15, 0.2) is 5.65 Å². The lowest BCUT2D eigenvalue weighted by molar-refractivity contribution is 0.414. The predicted molar refractivity (Wildman–Crippen MR) is 119 cm³/mol. The first-order valence-electron chi connectivity index (χ1n) is 9.25. The SMILES string of the molecule is COc1ccccc1N1C=c2c(Cl)cccc2=NC1C(S)c1ncnc2[nH]cnc12. The van der Waals surface area contributed by atoms with Crippen LogP contribution in [0.2, 0.25) is 5.02 Å². The first-order valence-corrected chi connectivity index (χ1v) is 10.1. The number of nitrogens with one attached hydrogen (secondary N) is 1. The van der Waals surface area contributed by atoms with Crippen molar-refractivity contribution in [3.05, 3.63) is 76.4 Å². The number of thiol groups is 1. The van der Waals surface area contributed by atoms with Crippen LogP contribution in [0.5, 0.6) is 5.75 Å². The molecule has 0 amide bonds. The van der Waals surface area contributed by atoms with E-state index < -0.39 is 11.4 Å². The second kappa shape index (κ2) is 7.62. The lowest BCUT2D eigenvalue weighted by atomic mass is 10.1. The van der Waals surface area contributed by atoms with E-state index in [2.05, 4.69) is 19.9 Å². The normalized spacial score (nSPS) is 16.5. The van der Waals surface area contributed by atoms with Crippen LogP contribution >= 0.6 is 24.2 Å². The fourth-order valence-electron chi connectivity index (χ4n) is 3.60. The van der Waals surface area contributed by atoms with Gasteiger partial charge in [-0.2, -0.15) is 12.6 Å². The van der Waals surface area contributed by atoms with Gasteiger partial charge in [0, 0.05) is 11.4 Å². The lowest BCUT2D eigenvalue weighted by Gasteiger charge is -2.34. The Morgan fingerprint density at radius 2 is 2.00 bits per heavy atom. The number of hydrogen-bond acceptors (Lipinski definition) is 7. The Morgan fingerprint density at radius 1 is 1.13 bits per heavy atom. The van der Waals surface area contributed by atoms with Gasteiger partial charge in [0.25, 0.3) is 0 Å². The summed E-state index contributed by atoms with van der Waals surface area (Å²) in [5.41, 5.74) is 2.87. The van der Waals surface area contributed by atoms with E-state index in [1.54, 1.807) is 13.4 Å². The standard InChI is InChI=1S/C21H17ClN6OS/c1-29-16-8-3-2-7-15(16)28-9-12-13(22)5-4-6-14(12)27-21(28)19(30)17-18-20(25-10-23-17)26-11-24-18/h2-11,19,21,30H,1H3,(H,23,24,25,26). The minimum absolute atomic E-state index is 0.396. The largest absolute Gasteiger partial charge is 0.495 e. The average Bonchev–Trinajstić information content (AvgIpc) is 3.27. The molecule has 2 unspecified atom stereocenters. The van der Waals surface area contributed by atoms with E-state index in [9.17, 15) is 0 Å². The maximum Gasteiger partial charge on any atom is 0.160 e. The summed E-state index contributed by atoms with van der Waals surface area (Å²) in [5, 5.41) is 1.87. The third kappa shape index (κ3) is 3.09. The van der Waals surface area contributed by atoms with Crippen LogP contribution in [0, 0.1) is 0 Å².